The lowest BCUT2D eigenvalue weighted by Crippen LogP contribution is -2.36. The van der Waals surface area contributed by atoms with Gasteiger partial charge in [0, 0.05) is 33.2 Å². The molecule has 0 aromatic heterocycles. The van der Waals surface area contributed by atoms with E-state index in [0.717, 1.165) is 30.4 Å². The number of hydrogen-bond donors (Lipinski definition) is 2. The average molecular weight is 546 g/mol. The van der Waals surface area contributed by atoms with Crippen molar-refractivity contribution in [2.45, 2.75) is 37.2 Å². The molecule has 9 heteroatoms. The van der Waals surface area contributed by atoms with Crippen molar-refractivity contribution in [3.05, 3.63) is 65.5 Å². The zero-order valence-corrected chi connectivity index (χ0v) is 20.1. The number of rotatable bonds is 6. The number of nitrogens with zero attached hydrogens (tertiary/aromatic N) is 2. The second-order valence-corrected chi connectivity index (χ2v) is 8.96. The predicted octanol–water partition coefficient (Wildman–Crippen LogP) is 3.48. The van der Waals surface area contributed by atoms with Gasteiger partial charge in [-0.2, -0.15) is 4.31 Å². The van der Waals surface area contributed by atoms with Crippen LogP contribution in [0, 0.1) is 5.82 Å². The summed E-state index contributed by atoms with van der Waals surface area (Å²) < 4.78 is 40.2. The second kappa shape index (κ2) is 11.6. The number of sulfonamides is 1. The van der Waals surface area contributed by atoms with Crippen LogP contribution < -0.4 is 10.6 Å². The molecule has 6 nitrogen and oxygen atoms in total. The van der Waals surface area contributed by atoms with Crippen LogP contribution in [0.2, 0.25) is 0 Å². The fourth-order valence-corrected chi connectivity index (χ4v) is 4.79. The van der Waals surface area contributed by atoms with Gasteiger partial charge in [0.25, 0.3) is 0 Å². The second-order valence-electron chi connectivity index (χ2n) is 7.02. The summed E-state index contributed by atoms with van der Waals surface area (Å²) in [5.41, 5.74) is 1.76. The summed E-state index contributed by atoms with van der Waals surface area (Å²) in [7, 11) is -1.75. The van der Waals surface area contributed by atoms with Crippen molar-refractivity contribution in [2.75, 3.05) is 20.1 Å². The first kappa shape index (κ1) is 24.5. The molecular weight excluding hydrogens is 518 g/mol. The van der Waals surface area contributed by atoms with Crippen molar-refractivity contribution < 1.29 is 12.8 Å². The third-order valence-corrected chi connectivity index (χ3v) is 6.82. The Balaban J connectivity index is 0.00000320. The van der Waals surface area contributed by atoms with Crippen molar-refractivity contribution in [3.8, 4) is 0 Å². The van der Waals surface area contributed by atoms with Gasteiger partial charge in [0.2, 0.25) is 10.0 Å². The maximum absolute atomic E-state index is 13.3. The molecule has 0 aliphatic carbocycles. The summed E-state index contributed by atoms with van der Waals surface area (Å²) in [6.07, 6.45) is 2.93. The third-order valence-electron chi connectivity index (χ3n) is 4.91. The highest BCUT2D eigenvalue weighted by Gasteiger charge is 2.25. The van der Waals surface area contributed by atoms with Crippen molar-refractivity contribution in [1.82, 2.24) is 14.9 Å². The molecule has 0 unspecified atom stereocenters. The molecule has 0 radical (unpaired) electrons. The highest BCUT2D eigenvalue weighted by atomic mass is 127. The van der Waals surface area contributed by atoms with Crippen LogP contribution in [0.25, 0.3) is 0 Å². The molecule has 0 atom stereocenters. The Morgan fingerprint density at radius 1 is 1.00 bits per heavy atom. The Kier molecular flexibility index (Phi) is 9.50. The van der Waals surface area contributed by atoms with Gasteiger partial charge in [-0.3, -0.25) is 4.99 Å². The number of benzene rings is 2. The smallest absolute Gasteiger partial charge is 0.243 e. The predicted molar refractivity (Wildman–Crippen MR) is 128 cm³/mol. The van der Waals surface area contributed by atoms with Crippen LogP contribution in [-0.4, -0.2) is 38.8 Å². The topological polar surface area (TPSA) is 73.8 Å². The van der Waals surface area contributed by atoms with Crippen molar-refractivity contribution in [2.24, 2.45) is 4.99 Å². The first-order valence-corrected chi connectivity index (χ1v) is 11.2. The van der Waals surface area contributed by atoms with Crippen molar-refractivity contribution >= 4 is 40.0 Å². The molecule has 2 aromatic rings. The highest BCUT2D eigenvalue weighted by Crippen LogP contribution is 2.20. The van der Waals surface area contributed by atoms with E-state index in [0.29, 0.717) is 37.0 Å². The van der Waals surface area contributed by atoms with Gasteiger partial charge >= 0.3 is 0 Å². The van der Waals surface area contributed by atoms with E-state index in [1.807, 2.05) is 18.2 Å². The summed E-state index contributed by atoms with van der Waals surface area (Å²) in [5, 5.41) is 6.31. The molecule has 1 saturated heterocycles. The molecule has 0 bridgehead atoms. The summed E-state index contributed by atoms with van der Waals surface area (Å²) in [5.74, 6) is 0.311. The molecule has 0 spiro atoms. The van der Waals surface area contributed by atoms with Gasteiger partial charge in [-0.25, -0.2) is 12.8 Å². The van der Waals surface area contributed by atoms with Crippen LogP contribution >= 0.6 is 24.0 Å². The number of halogens is 2. The number of aliphatic imine (C=N–C) groups is 1. The first-order chi connectivity index (χ1) is 14.0. The quantitative estimate of drug-likeness (QED) is 0.331. The van der Waals surface area contributed by atoms with Gasteiger partial charge in [0.05, 0.1) is 4.90 Å². The molecule has 1 heterocycles. The standard InChI is InChI=1S/C21H27FN4O2S.HI/c1-23-21(25-16-18-6-5-7-19(22)14-18)24-15-17-8-10-20(11-9-17)29(27,28)26-12-3-2-4-13-26;/h5-11,14H,2-4,12-13,15-16H2,1H3,(H2,23,24,25);1H. The molecule has 0 amide bonds. The molecule has 1 fully saturated rings. The maximum Gasteiger partial charge on any atom is 0.243 e. The fourth-order valence-electron chi connectivity index (χ4n) is 3.27. The largest absolute Gasteiger partial charge is 0.352 e. The van der Waals surface area contributed by atoms with Gasteiger partial charge < -0.3 is 10.6 Å². The summed E-state index contributed by atoms with van der Waals surface area (Å²) in [6.45, 7) is 2.13. The molecule has 164 valence electrons. The molecule has 30 heavy (non-hydrogen) atoms. The molecular formula is C21H28FIN4O2S. The van der Waals surface area contributed by atoms with Gasteiger partial charge in [-0.15, -0.1) is 24.0 Å². The average Bonchev–Trinajstić information content (AvgIpc) is 2.75. The number of nitrogens with one attached hydrogen (secondary N) is 2. The lowest BCUT2D eigenvalue weighted by molar-refractivity contribution is 0.346. The normalized spacial score (nSPS) is 15.3. The number of hydrogen-bond acceptors (Lipinski definition) is 3. The maximum atomic E-state index is 13.3. The third kappa shape index (κ3) is 6.64. The van der Waals surface area contributed by atoms with Crippen molar-refractivity contribution in [3.63, 3.8) is 0 Å². The lowest BCUT2D eigenvalue weighted by Gasteiger charge is -2.25. The zero-order chi connectivity index (χ0) is 20.7. The Hall–Kier alpha value is -1.72. The molecule has 0 saturated carbocycles. The van der Waals surface area contributed by atoms with E-state index in [1.165, 1.54) is 12.1 Å². The van der Waals surface area contributed by atoms with E-state index in [1.54, 1.807) is 29.6 Å². The SMILES string of the molecule is CN=C(NCc1ccc(S(=O)(=O)N2CCCCC2)cc1)NCc1cccc(F)c1.I. The van der Waals surface area contributed by atoms with Gasteiger partial charge in [0.1, 0.15) is 5.82 Å². The van der Waals surface area contributed by atoms with Crippen LogP contribution in [-0.2, 0) is 23.1 Å². The van der Waals surface area contributed by atoms with Gasteiger partial charge in [-0.05, 0) is 48.2 Å². The van der Waals surface area contributed by atoms with Gasteiger partial charge in [-0.1, -0.05) is 30.7 Å². The van der Waals surface area contributed by atoms with Crippen LogP contribution in [0.5, 0.6) is 0 Å². The van der Waals surface area contributed by atoms with E-state index in [2.05, 4.69) is 15.6 Å². The zero-order valence-electron chi connectivity index (χ0n) is 17.0. The number of piperidine rings is 1. The summed E-state index contributed by atoms with van der Waals surface area (Å²) in [6, 6.07) is 13.3. The van der Waals surface area contributed by atoms with Crippen LogP contribution in [0.15, 0.2) is 58.4 Å². The minimum absolute atomic E-state index is 0. The van der Waals surface area contributed by atoms with E-state index in [4.69, 9.17) is 0 Å². The molecule has 1 aliphatic rings. The fraction of sp³-hybridized carbons (Fsp3) is 0.381. The highest BCUT2D eigenvalue weighted by molar-refractivity contribution is 14.0. The molecule has 2 aromatic carbocycles. The minimum atomic E-state index is -3.41. The lowest BCUT2D eigenvalue weighted by atomic mass is 10.2. The van der Waals surface area contributed by atoms with Crippen LogP contribution in [0.3, 0.4) is 0 Å². The van der Waals surface area contributed by atoms with Crippen LogP contribution in [0.4, 0.5) is 4.39 Å². The molecule has 2 N–H and O–H groups in total. The Morgan fingerprint density at radius 2 is 1.63 bits per heavy atom. The monoisotopic (exact) mass is 546 g/mol. The van der Waals surface area contributed by atoms with Crippen LogP contribution in [0.1, 0.15) is 30.4 Å². The summed E-state index contributed by atoms with van der Waals surface area (Å²) in [4.78, 5) is 4.49. The van der Waals surface area contributed by atoms with Crippen molar-refractivity contribution in [1.29, 1.82) is 0 Å². The Morgan fingerprint density at radius 3 is 2.23 bits per heavy atom. The molecule has 1 aliphatic heterocycles. The van der Waals surface area contributed by atoms with E-state index < -0.39 is 10.0 Å². The first-order valence-electron chi connectivity index (χ1n) is 9.77. The minimum Gasteiger partial charge on any atom is -0.352 e. The van der Waals surface area contributed by atoms with E-state index in [9.17, 15) is 12.8 Å². The number of guanidine groups is 1. The summed E-state index contributed by atoms with van der Waals surface area (Å²) >= 11 is 0. The molecule has 3 rings (SSSR count). The Bertz CT molecular complexity index is 946. The van der Waals surface area contributed by atoms with Gasteiger partial charge in [0.15, 0.2) is 5.96 Å². The van der Waals surface area contributed by atoms with E-state index in [-0.39, 0.29) is 29.8 Å². The Labute approximate surface area is 195 Å². The van der Waals surface area contributed by atoms with E-state index >= 15 is 0 Å².